The molecule has 0 spiro atoms. The molecule has 3 rings (SSSR count). The first-order valence-electron chi connectivity index (χ1n) is 6.35. The zero-order valence-electron chi connectivity index (χ0n) is 10.8. The number of nitrogens with two attached hydrogens (primary N) is 1. The minimum atomic E-state index is 0.143. The first-order chi connectivity index (χ1) is 9.22. The molecule has 19 heavy (non-hydrogen) atoms. The lowest BCUT2D eigenvalue weighted by molar-refractivity contribution is 0.266. The number of fused-ring (bicyclic) bond motifs is 1. The lowest BCUT2D eigenvalue weighted by Crippen LogP contribution is -2.33. The molecule has 1 unspecified atom stereocenters. The second kappa shape index (κ2) is 4.92. The SMILES string of the molecule is Cc1cc2c(N3CCCC3CO)nc(NN)nc2s1. The van der Waals surface area contributed by atoms with E-state index in [1.165, 1.54) is 4.88 Å². The molecular formula is C12H17N5OS. The van der Waals surface area contributed by atoms with Gasteiger partial charge in [0.05, 0.1) is 18.0 Å². The number of hydrogen-bond acceptors (Lipinski definition) is 7. The largest absolute Gasteiger partial charge is 0.394 e. The van der Waals surface area contributed by atoms with Crippen LogP contribution >= 0.6 is 11.3 Å². The van der Waals surface area contributed by atoms with Crippen molar-refractivity contribution in [3.63, 3.8) is 0 Å². The van der Waals surface area contributed by atoms with E-state index >= 15 is 0 Å². The van der Waals surface area contributed by atoms with E-state index in [0.29, 0.717) is 5.95 Å². The maximum Gasteiger partial charge on any atom is 0.240 e. The number of nitrogens with zero attached hydrogens (tertiary/aromatic N) is 3. The molecule has 2 aromatic heterocycles. The Kier molecular flexibility index (Phi) is 3.26. The van der Waals surface area contributed by atoms with Gasteiger partial charge in [0.25, 0.3) is 0 Å². The smallest absolute Gasteiger partial charge is 0.240 e. The van der Waals surface area contributed by atoms with Crippen LogP contribution in [0.4, 0.5) is 11.8 Å². The maximum atomic E-state index is 9.48. The number of hydrogen-bond donors (Lipinski definition) is 3. The van der Waals surface area contributed by atoms with Gasteiger partial charge in [-0.15, -0.1) is 11.3 Å². The molecule has 102 valence electrons. The number of aryl methyl sites for hydroxylation is 1. The fraction of sp³-hybridized carbons (Fsp3) is 0.500. The number of thiophene rings is 1. The Balaban J connectivity index is 2.15. The van der Waals surface area contributed by atoms with Gasteiger partial charge in [-0.05, 0) is 25.8 Å². The highest BCUT2D eigenvalue weighted by Crippen LogP contribution is 2.34. The molecule has 4 N–H and O–H groups in total. The number of hydrazine groups is 1. The molecule has 2 aromatic rings. The van der Waals surface area contributed by atoms with E-state index in [1.807, 2.05) is 0 Å². The van der Waals surface area contributed by atoms with Crippen LogP contribution in [0.25, 0.3) is 10.2 Å². The summed E-state index contributed by atoms with van der Waals surface area (Å²) in [6, 6.07) is 2.24. The summed E-state index contributed by atoms with van der Waals surface area (Å²) < 4.78 is 0. The number of nitrogens with one attached hydrogen (secondary N) is 1. The summed E-state index contributed by atoms with van der Waals surface area (Å²) in [5, 5.41) is 10.5. The molecule has 0 amide bonds. The Labute approximate surface area is 115 Å². The van der Waals surface area contributed by atoms with E-state index in [1.54, 1.807) is 11.3 Å². The molecule has 0 aliphatic carbocycles. The molecule has 1 aliphatic rings. The molecule has 3 heterocycles. The van der Waals surface area contributed by atoms with Gasteiger partial charge in [0.2, 0.25) is 5.95 Å². The summed E-state index contributed by atoms with van der Waals surface area (Å²) in [6.45, 7) is 3.12. The van der Waals surface area contributed by atoms with Gasteiger partial charge in [-0.3, -0.25) is 5.43 Å². The Morgan fingerprint density at radius 3 is 3.16 bits per heavy atom. The molecular weight excluding hydrogens is 262 g/mol. The van der Waals surface area contributed by atoms with Crippen LogP contribution in [-0.2, 0) is 0 Å². The third-order valence-corrected chi connectivity index (χ3v) is 4.43. The molecule has 0 bridgehead atoms. The summed E-state index contributed by atoms with van der Waals surface area (Å²) in [5.74, 6) is 6.74. The van der Waals surface area contributed by atoms with Crippen LogP contribution in [0.2, 0.25) is 0 Å². The lowest BCUT2D eigenvalue weighted by atomic mass is 10.2. The summed E-state index contributed by atoms with van der Waals surface area (Å²) in [5.41, 5.74) is 2.52. The summed E-state index contributed by atoms with van der Waals surface area (Å²) in [4.78, 5) is 13.2. The minimum Gasteiger partial charge on any atom is -0.394 e. The van der Waals surface area contributed by atoms with Crippen molar-refractivity contribution in [1.82, 2.24) is 9.97 Å². The minimum absolute atomic E-state index is 0.143. The fourth-order valence-electron chi connectivity index (χ4n) is 2.61. The van der Waals surface area contributed by atoms with Crippen molar-refractivity contribution in [1.29, 1.82) is 0 Å². The highest BCUT2D eigenvalue weighted by Gasteiger charge is 2.27. The number of anilines is 2. The van der Waals surface area contributed by atoms with E-state index in [9.17, 15) is 5.11 Å². The number of aliphatic hydroxyl groups excluding tert-OH is 1. The molecule has 1 saturated heterocycles. The average Bonchev–Trinajstić information content (AvgIpc) is 3.01. The summed E-state index contributed by atoms with van der Waals surface area (Å²) in [6.07, 6.45) is 2.07. The zero-order chi connectivity index (χ0) is 13.4. The third kappa shape index (κ3) is 2.13. The predicted molar refractivity (Wildman–Crippen MR) is 77.4 cm³/mol. The number of aliphatic hydroxyl groups is 1. The zero-order valence-corrected chi connectivity index (χ0v) is 11.6. The summed E-state index contributed by atoms with van der Waals surface area (Å²) in [7, 11) is 0. The van der Waals surface area contributed by atoms with Gasteiger partial charge in [0.1, 0.15) is 10.6 Å². The molecule has 0 saturated carbocycles. The maximum absolute atomic E-state index is 9.48. The van der Waals surface area contributed by atoms with Crippen molar-refractivity contribution in [2.75, 3.05) is 23.5 Å². The van der Waals surface area contributed by atoms with Crippen LogP contribution in [0, 0.1) is 6.92 Å². The van der Waals surface area contributed by atoms with Crippen LogP contribution in [-0.4, -0.2) is 34.3 Å². The van der Waals surface area contributed by atoms with Gasteiger partial charge in [-0.1, -0.05) is 0 Å². The van der Waals surface area contributed by atoms with Gasteiger partial charge in [0, 0.05) is 11.4 Å². The molecule has 1 fully saturated rings. The molecule has 0 radical (unpaired) electrons. The number of aromatic nitrogens is 2. The van der Waals surface area contributed by atoms with E-state index in [4.69, 9.17) is 5.84 Å². The fourth-order valence-corrected chi connectivity index (χ4v) is 3.49. The quantitative estimate of drug-likeness (QED) is 0.579. The van der Waals surface area contributed by atoms with Crippen molar-refractivity contribution in [2.45, 2.75) is 25.8 Å². The number of rotatable bonds is 3. The third-order valence-electron chi connectivity index (χ3n) is 3.48. The first kappa shape index (κ1) is 12.6. The van der Waals surface area contributed by atoms with Crippen molar-refractivity contribution in [3.05, 3.63) is 10.9 Å². The van der Waals surface area contributed by atoms with Gasteiger partial charge in [0.15, 0.2) is 0 Å². The highest BCUT2D eigenvalue weighted by molar-refractivity contribution is 7.18. The van der Waals surface area contributed by atoms with E-state index in [-0.39, 0.29) is 12.6 Å². The van der Waals surface area contributed by atoms with Crippen molar-refractivity contribution in [2.24, 2.45) is 5.84 Å². The normalized spacial score (nSPS) is 19.3. The van der Waals surface area contributed by atoms with Crippen LogP contribution in [0.1, 0.15) is 17.7 Å². The standard InChI is InChI=1S/C12H17N5OS/c1-7-5-9-10(17-4-2-3-8(17)6-18)14-12(16-13)15-11(9)19-7/h5,8,18H,2-4,6,13H2,1H3,(H,14,15,16). The van der Waals surface area contributed by atoms with E-state index in [0.717, 1.165) is 35.4 Å². The second-order valence-electron chi connectivity index (χ2n) is 4.76. The molecule has 6 nitrogen and oxygen atoms in total. The van der Waals surface area contributed by atoms with Gasteiger partial charge in [-0.25, -0.2) is 10.8 Å². The predicted octanol–water partition coefficient (Wildman–Crippen LogP) is 1.25. The van der Waals surface area contributed by atoms with Crippen LogP contribution in [0.15, 0.2) is 6.07 Å². The topological polar surface area (TPSA) is 87.3 Å². The van der Waals surface area contributed by atoms with Crippen molar-refractivity contribution < 1.29 is 5.11 Å². The Bertz CT molecular complexity index is 599. The Morgan fingerprint density at radius 2 is 2.42 bits per heavy atom. The van der Waals surface area contributed by atoms with Crippen LogP contribution in [0.3, 0.4) is 0 Å². The lowest BCUT2D eigenvalue weighted by Gasteiger charge is -2.24. The second-order valence-corrected chi connectivity index (χ2v) is 6.00. The molecule has 0 aromatic carbocycles. The van der Waals surface area contributed by atoms with Gasteiger partial charge in [-0.2, -0.15) is 4.98 Å². The monoisotopic (exact) mass is 279 g/mol. The summed E-state index contributed by atoms with van der Waals surface area (Å²) >= 11 is 1.63. The Hall–Kier alpha value is -1.44. The van der Waals surface area contributed by atoms with E-state index in [2.05, 4.69) is 33.3 Å². The van der Waals surface area contributed by atoms with Gasteiger partial charge >= 0.3 is 0 Å². The van der Waals surface area contributed by atoms with Crippen molar-refractivity contribution in [3.8, 4) is 0 Å². The first-order valence-corrected chi connectivity index (χ1v) is 7.17. The molecule has 1 atom stereocenters. The van der Waals surface area contributed by atoms with Crippen molar-refractivity contribution >= 4 is 33.3 Å². The Morgan fingerprint density at radius 1 is 1.58 bits per heavy atom. The number of nitrogen functional groups attached to an aromatic ring is 1. The van der Waals surface area contributed by atoms with E-state index < -0.39 is 0 Å². The van der Waals surface area contributed by atoms with Crippen LogP contribution < -0.4 is 16.2 Å². The highest BCUT2D eigenvalue weighted by atomic mass is 32.1. The van der Waals surface area contributed by atoms with Crippen LogP contribution in [0.5, 0.6) is 0 Å². The average molecular weight is 279 g/mol. The molecule has 7 heteroatoms. The van der Waals surface area contributed by atoms with Gasteiger partial charge < -0.3 is 10.0 Å². The molecule has 1 aliphatic heterocycles.